The van der Waals surface area contributed by atoms with E-state index in [9.17, 15) is 5.02 Å². The first kappa shape index (κ1) is 21.1. The summed E-state index contributed by atoms with van der Waals surface area (Å²) in [6, 6.07) is 10.4. The molecule has 0 aliphatic rings. The van der Waals surface area contributed by atoms with Crippen LogP contribution in [0.2, 0.25) is 0 Å². The molecule has 3 heterocycles. The predicted molar refractivity (Wildman–Crippen MR) is 111 cm³/mol. The molecule has 0 saturated carbocycles. The Hall–Kier alpha value is -3.17. The van der Waals surface area contributed by atoms with Crippen LogP contribution in [0, 0.1) is 20.1 Å². The van der Waals surface area contributed by atoms with Gasteiger partial charge in [0, 0.05) is 18.3 Å². The third-order valence-electron chi connectivity index (χ3n) is 4.73. The highest BCUT2D eigenvalue weighted by atomic mass is 16.4. The van der Waals surface area contributed by atoms with Gasteiger partial charge in [0.25, 0.3) is 0 Å². The standard InChI is InChI=1S/C12H14BN3O.C6H7BN2O2/c1-9-5-6-10(15(9)3)13(17)11-7-8-12(14-2)16(11)4;1-8-6-4-3-5(7(10)11)9(6)2/h5-8,17H,1,3-4H3;3-4,10-11H,2H3. The van der Waals surface area contributed by atoms with Gasteiger partial charge in [0.2, 0.25) is 11.6 Å². The Labute approximate surface area is 164 Å². The van der Waals surface area contributed by atoms with E-state index in [0.717, 1.165) is 16.9 Å². The maximum absolute atomic E-state index is 10.3. The van der Waals surface area contributed by atoms with Crippen molar-refractivity contribution in [3.8, 4) is 0 Å². The Morgan fingerprint density at radius 3 is 1.50 bits per heavy atom. The first-order chi connectivity index (χ1) is 13.2. The van der Waals surface area contributed by atoms with E-state index < -0.39 is 14.0 Å². The summed E-state index contributed by atoms with van der Waals surface area (Å²) in [5, 5.41) is 27.8. The van der Waals surface area contributed by atoms with Crippen molar-refractivity contribution in [2.24, 2.45) is 21.1 Å². The largest absolute Gasteiger partial charge is 0.529 e. The lowest BCUT2D eigenvalue weighted by molar-refractivity contribution is 0.423. The molecule has 3 aromatic heterocycles. The number of hydrogen-bond donors (Lipinski definition) is 3. The maximum Gasteiger partial charge on any atom is 0.529 e. The number of hydrogen-bond acceptors (Lipinski definition) is 3. The maximum atomic E-state index is 10.3. The van der Waals surface area contributed by atoms with Crippen LogP contribution in [0.4, 0.5) is 11.6 Å². The van der Waals surface area contributed by atoms with Crippen LogP contribution in [-0.4, -0.2) is 42.8 Å². The fourth-order valence-corrected chi connectivity index (χ4v) is 2.85. The number of nitrogens with zero attached hydrogens (tertiary/aromatic N) is 5. The summed E-state index contributed by atoms with van der Waals surface area (Å²) in [6.07, 6.45) is 0. The Kier molecular flexibility index (Phi) is 6.55. The molecule has 0 saturated heterocycles. The lowest BCUT2D eigenvalue weighted by Crippen LogP contribution is -2.48. The lowest BCUT2D eigenvalue weighted by Gasteiger charge is -2.09. The van der Waals surface area contributed by atoms with E-state index >= 15 is 0 Å². The molecule has 142 valence electrons. The molecule has 0 fully saturated rings. The number of aryl methyl sites for hydroxylation is 1. The van der Waals surface area contributed by atoms with Crippen molar-refractivity contribution >= 4 is 42.4 Å². The van der Waals surface area contributed by atoms with Gasteiger partial charge in [0.1, 0.15) is 5.59 Å². The first-order valence-corrected chi connectivity index (χ1v) is 8.45. The highest BCUT2D eigenvalue weighted by Crippen LogP contribution is 2.09. The highest BCUT2D eigenvalue weighted by Gasteiger charge is 2.26. The van der Waals surface area contributed by atoms with Crippen LogP contribution in [0.25, 0.3) is 9.69 Å². The fourth-order valence-electron chi connectivity index (χ4n) is 2.85. The van der Waals surface area contributed by atoms with Gasteiger partial charge in [-0.05, 0) is 43.3 Å². The van der Waals surface area contributed by atoms with E-state index in [1.807, 2.05) is 30.7 Å². The fraction of sp³-hybridized carbons (Fsp3) is 0.222. The Balaban J connectivity index is 0.000000221. The van der Waals surface area contributed by atoms with Crippen LogP contribution in [0.1, 0.15) is 5.69 Å². The van der Waals surface area contributed by atoms with Crippen molar-refractivity contribution in [3.05, 3.63) is 64.9 Å². The predicted octanol–water partition coefficient (Wildman–Crippen LogP) is -0.424. The van der Waals surface area contributed by atoms with Gasteiger partial charge in [-0.25, -0.2) is 0 Å². The molecule has 0 aliphatic carbocycles. The summed E-state index contributed by atoms with van der Waals surface area (Å²) in [5.41, 5.74) is 2.99. The van der Waals surface area contributed by atoms with Crippen molar-refractivity contribution in [1.82, 2.24) is 13.7 Å². The van der Waals surface area contributed by atoms with Crippen LogP contribution < -0.4 is 16.8 Å². The molecule has 0 aliphatic heterocycles. The lowest BCUT2D eigenvalue weighted by atomic mass is 9.61. The van der Waals surface area contributed by atoms with Crippen LogP contribution >= 0.6 is 0 Å². The molecule has 0 unspecified atom stereocenters. The molecule has 3 N–H and O–H groups in total. The van der Waals surface area contributed by atoms with Crippen LogP contribution in [0.3, 0.4) is 0 Å². The molecular weight excluding hydrogens is 356 g/mol. The van der Waals surface area contributed by atoms with Crippen molar-refractivity contribution < 1.29 is 15.1 Å². The van der Waals surface area contributed by atoms with Crippen LogP contribution in [0.5, 0.6) is 0 Å². The zero-order chi connectivity index (χ0) is 21.0. The van der Waals surface area contributed by atoms with Gasteiger partial charge in [-0.3, -0.25) is 0 Å². The first-order valence-electron chi connectivity index (χ1n) is 8.45. The van der Waals surface area contributed by atoms with Crippen molar-refractivity contribution in [3.63, 3.8) is 0 Å². The molecule has 0 amide bonds. The second kappa shape index (κ2) is 8.68. The summed E-state index contributed by atoms with van der Waals surface area (Å²) in [6.45, 7) is 15.0. The van der Waals surface area contributed by atoms with Crippen molar-refractivity contribution in [2.45, 2.75) is 6.92 Å². The van der Waals surface area contributed by atoms with Gasteiger partial charge >= 0.3 is 14.0 Å². The second-order valence-electron chi connectivity index (χ2n) is 6.31. The van der Waals surface area contributed by atoms with E-state index in [2.05, 4.69) is 9.69 Å². The molecule has 0 aromatic carbocycles. The highest BCUT2D eigenvalue weighted by molar-refractivity contribution is 6.77. The minimum atomic E-state index is -1.50. The number of rotatable bonds is 3. The van der Waals surface area contributed by atoms with Gasteiger partial charge in [-0.1, -0.05) is 13.1 Å². The molecule has 10 heteroatoms. The van der Waals surface area contributed by atoms with Gasteiger partial charge in [-0.15, -0.1) is 0 Å². The summed E-state index contributed by atoms with van der Waals surface area (Å²) < 4.78 is 5.12. The third kappa shape index (κ3) is 4.05. The average Bonchev–Trinajstić information content (AvgIpc) is 3.33. The molecule has 3 rings (SSSR count). The number of aromatic nitrogens is 3. The topological polar surface area (TPSA) is 84.2 Å². The van der Waals surface area contributed by atoms with E-state index in [0.29, 0.717) is 17.2 Å². The monoisotopic (exact) mass is 377 g/mol. The SMILES string of the molecule is [C-]#[N+]c1ccc(B(O)O)n1C.[C-]#[N+]c1ccc(B(O)c2ccc(C)n2C)n1C. The van der Waals surface area contributed by atoms with E-state index in [1.54, 1.807) is 36.9 Å². The molecule has 0 spiro atoms. The summed E-state index contributed by atoms with van der Waals surface area (Å²) in [5.74, 6) is 0.929. The molecule has 8 nitrogen and oxygen atoms in total. The van der Waals surface area contributed by atoms with E-state index in [4.69, 9.17) is 23.2 Å². The summed E-state index contributed by atoms with van der Waals surface area (Å²) in [7, 11) is 3.83. The van der Waals surface area contributed by atoms with E-state index in [-0.39, 0.29) is 0 Å². The quantitative estimate of drug-likeness (QED) is 0.428. The average molecular weight is 377 g/mol. The molecule has 0 radical (unpaired) electrons. The van der Waals surface area contributed by atoms with Gasteiger partial charge in [-0.2, -0.15) is 0 Å². The Morgan fingerprint density at radius 2 is 1.14 bits per heavy atom. The normalized spacial score (nSPS) is 9.89. The molecule has 0 atom stereocenters. The second-order valence-corrected chi connectivity index (χ2v) is 6.31. The van der Waals surface area contributed by atoms with Gasteiger partial charge in [0.15, 0.2) is 0 Å². The molecule has 28 heavy (non-hydrogen) atoms. The Morgan fingerprint density at radius 1 is 0.714 bits per heavy atom. The minimum Gasteiger partial charge on any atom is -0.439 e. The summed E-state index contributed by atoms with van der Waals surface area (Å²) >= 11 is 0. The Bertz CT molecular complexity index is 1050. The zero-order valence-corrected chi connectivity index (χ0v) is 16.2. The molecule has 0 bridgehead atoms. The smallest absolute Gasteiger partial charge is 0.439 e. The van der Waals surface area contributed by atoms with Crippen LogP contribution in [-0.2, 0) is 21.1 Å². The van der Waals surface area contributed by atoms with Crippen molar-refractivity contribution in [2.75, 3.05) is 0 Å². The summed E-state index contributed by atoms with van der Waals surface area (Å²) in [4.78, 5) is 6.55. The van der Waals surface area contributed by atoms with Crippen LogP contribution in [0.15, 0.2) is 36.4 Å². The minimum absolute atomic E-state index is 0.330. The van der Waals surface area contributed by atoms with Gasteiger partial charge < -0.3 is 38.5 Å². The molecule has 3 aromatic rings. The third-order valence-corrected chi connectivity index (χ3v) is 4.73. The van der Waals surface area contributed by atoms with E-state index in [1.165, 1.54) is 10.6 Å². The van der Waals surface area contributed by atoms with Crippen molar-refractivity contribution in [1.29, 1.82) is 0 Å². The zero-order valence-electron chi connectivity index (χ0n) is 16.2. The molecular formula is C18H21B2N5O3. The van der Waals surface area contributed by atoms with Gasteiger partial charge in [0.05, 0.1) is 19.7 Å².